The minimum Gasteiger partial charge on any atom is -0.462 e. The Balaban J connectivity index is 1.70. The molecule has 3 aromatic rings. The van der Waals surface area contributed by atoms with E-state index >= 15 is 0 Å². The van der Waals surface area contributed by atoms with Gasteiger partial charge in [-0.25, -0.2) is 14.3 Å². The van der Waals surface area contributed by atoms with E-state index < -0.39 is 5.97 Å². The van der Waals surface area contributed by atoms with Crippen LogP contribution in [-0.2, 0) is 4.74 Å². The average Bonchev–Trinajstić information content (AvgIpc) is 3.35. The van der Waals surface area contributed by atoms with Crippen molar-refractivity contribution >= 4 is 17.5 Å². The zero-order chi connectivity index (χ0) is 18.8. The average molecular weight is 365 g/mol. The van der Waals surface area contributed by atoms with Crippen LogP contribution in [-0.4, -0.2) is 49.5 Å². The van der Waals surface area contributed by atoms with E-state index in [9.17, 15) is 9.59 Å². The van der Waals surface area contributed by atoms with Gasteiger partial charge >= 0.3 is 5.97 Å². The first-order chi connectivity index (χ1) is 13.2. The van der Waals surface area contributed by atoms with Crippen LogP contribution in [0.1, 0.15) is 52.2 Å². The van der Waals surface area contributed by atoms with Crippen molar-refractivity contribution in [2.75, 3.05) is 13.2 Å². The van der Waals surface area contributed by atoms with E-state index in [-0.39, 0.29) is 24.1 Å². The molecule has 1 aliphatic rings. The van der Waals surface area contributed by atoms with E-state index in [4.69, 9.17) is 4.74 Å². The van der Waals surface area contributed by atoms with E-state index in [1.165, 1.54) is 16.9 Å². The molecule has 0 aromatic carbocycles. The molecule has 138 valence electrons. The summed E-state index contributed by atoms with van der Waals surface area (Å²) in [5.41, 5.74) is 2.00. The molecule has 0 bridgehead atoms. The Morgan fingerprint density at radius 3 is 2.81 bits per heavy atom. The second-order valence-corrected chi connectivity index (χ2v) is 6.28. The van der Waals surface area contributed by atoms with Gasteiger partial charge in [0.1, 0.15) is 11.3 Å². The zero-order valence-corrected chi connectivity index (χ0v) is 14.9. The molecule has 0 N–H and O–H groups in total. The number of likely N-dealkylation sites (tertiary alicyclic amines) is 1. The van der Waals surface area contributed by atoms with Gasteiger partial charge < -0.3 is 9.64 Å². The number of nitrogens with zero attached hydrogens (tertiary/aromatic N) is 5. The summed E-state index contributed by atoms with van der Waals surface area (Å²) in [6.07, 6.45) is 8.21. The molecule has 1 atom stereocenters. The van der Waals surface area contributed by atoms with Crippen molar-refractivity contribution in [3.63, 3.8) is 0 Å². The largest absolute Gasteiger partial charge is 0.462 e. The Morgan fingerprint density at radius 2 is 2.04 bits per heavy atom. The Labute approximate surface area is 155 Å². The smallest absolute Gasteiger partial charge is 0.343 e. The Bertz CT molecular complexity index is 985. The van der Waals surface area contributed by atoms with Crippen molar-refractivity contribution in [2.45, 2.75) is 25.8 Å². The third-order valence-electron chi connectivity index (χ3n) is 4.72. The van der Waals surface area contributed by atoms with Gasteiger partial charge in [0.05, 0.1) is 18.8 Å². The fourth-order valence-corrected chi connectivity index (χ4v) is 3.50. The normalized spacial score (nSPS) is 16.6. The molecule has 0 saturated carbocycles. The van der Waals surface area contributed by atoms with E-state index in [0.717, 1.165) is 18.4 Å². The van der Waals surface area contributed by atoms with Gasteiger partial charge in [-0.05, 0) is 43.5 Å². The van der Waals surface area contributed by atoms with Crippen LogP contribution in [0.3, 0.4) is 0 Å². The standard InChI is InChI=1S/C19H19N5O3/c1-2-27-19(26)14-12-22-24-16(7-10-21-17(14)24)18(25)23-11-3-4-15(23)13-5-8-20-9-6-13/h5-10,12,15H,2-4,11H2,1H3/t15-/m1/s1. The molecule has 3 aromatic heterocycles. The van der Waals surface area contributed by atoms with Gasteiger partial charge in [0.25, 0.3) is 5.91 Å². The lowest BCUT2D eigenvalue weighted by Crippen LogP contribution is -2.32. The first kappa shape index (κ1) is 17.1. The Hall–Kier alpha value is -3.29. The maximum Gasteiger partial charge on any atom is 0.343 e. The summed E-state index contributed by atoms with van der Waals surface area (Å²) in [4.78, 5) is 35.4. The molecule has 0 unspecified atom stereocenters. The Kier molecular flexibility index (Phi) is 4.53. The highest BCUT2D eigenvalue weighted by Gasteiger charge is 2.32. The maximum absolute atomic E-state index is 13.3. The second kappa shape index (κ2) is 7.14. The monoisotopic (exact) mass is 365 g/mol. The number of hydrogen-bond donors (Lipinski definition) is 0. The number of esters is 1. The number of carbonyl (C=O) groups is 2. The van der Waals surface area contributed by atoms with Gasteiger partial charge in [-0.3, -0.25) is 9.78 Å². The molecular formula is C19H19N5O3. The lowest BCUT2D eigenvalue weighted by atomic mass is 10.1. The maximum atomic E-state index is 13.3. The summed E-state index contributed by atoms with van der Waals surface area (Å²) in [5, 5.41) is 4.21. The summed E-state index contributed by atoms with van der Waals surface area (Å²) in [6, 6.07) is 5.50. The van der Waals surface area contributed by atoms with Crippen LogP contribution in [0.15, 0.2) is 43.0 Å². The van der Waals surface area contributed by atoms with Crippen LogP contribution in [0.25, 0.3) is 5.65 Å². The second-order valence-electron chi connectivity index (χ2n) is 6.28. The highest BCUT2D eigenvalue weighted by atomic mass is 16.5. The molecule has 0 radical (unpaired) electrons. The molecule has 0 spiro atoms. The van der Waals surface area contributed by atoms with E-state index in [0.29, 0.717) is 17.9 Å². The van der Waals surface area contributed by atoms with Crippen LogP contribution < -0.4 is 0 Å². The van der Waals surface area contributed by atoms with Crippen LogP contribution in [0, 0.1) is 0 Å². The van der Waals surface area contributed by atoms with E-state index in [2.05, 4.69) is 15.1 Å². The quantitative estimate of drug-likeness (QED) is 0.659. The molecule has 0 aliphatic carbocycles. The lowest BCUT2D eigenvalue weighted by molar-refractivity contribution is 0.0528. The fraction of sp³-hybridized carbons (Fsp3) is 0.316. The third-order valence-corrected chi connectivity index (χ3v) is 4.72. The molecule has 4 heterocycles. The van der Waals surface area contributed by atoms with Gasteiger partial charge in [-0.2, -0.15) is 5.10 Å². The summed E-state index contributed by atoms with van der Waals surface area (Å²) in [7, 11) is 0. The molecule has 8 nitrogen and oxygen atoms in total. The first-order valence-electron chi connectivity index (χ1n) is 8.91. The number of rotatable bonds is 4. The topological polar surface area (TPSA) is 89.7 Å². The highest BCUT2D eigenvalue weighted by Crippen LogP contribution is 2.32. The van der Waals surface area contributed by atoms with Crippen LogP contribution in [0.2, 0.25) is 0 Å². The molecule has 8 heteroatoms. The SMILES string of the molecule is CCOC(=O)c1cnn2c(C(=O)N3CCC[C@@H]3c3ccncc3)ccnc12. The van der Waals surface area contributed by atoms with Crippen LogP contribution >= 0.6 is 0 Å². The molecule has 1 saturated heterocycles. The van der Waals surface area contributed by atoms with E-state index in [1.807, 2.05) is 17.0 Å². The number of carbonyl (C=O) groups excluding carboxylic acids is 2. The predicted molar refractivity (Wildman–Crippen MR) is 96.2 cm³/mol. The van der Waals surface area contributed by atoms with Gasteiger partial charge in [0, 0.05) is 25.1 Å². The van der Waals surface area contributed by atoms with Gasteiger partial charge in [0.2, 0.25) is 0 Å². The predicted octanol–water partition coefficient (Wildman–Crippen LogP) is 2.28. The highest BCUT2D eigenvalue weighted by molar-refractivity contribution is 5.98. The van der Waals surface area contributed by atoms with Gasteiger partial charge in [-0.15, -0.1) is 0 Å². The van der Waals surface area contributed by atoms with Crippen molar-refractivity contribution in [1.29, 1.82) is 0 Å². The third kappa shape index (κ3) is 3.03. The molecule has 4 rings (SSSR count). The molecule has 1 aliphatic heterocycles. The van der Waals surface area contributed by atoms with Gasteiger partial charge in [-0.1, -0.05) is 0 Å². The molecule has 27 heavy (non-hydrogen) atoms. The van der Waals surface area contributed by atoms with E-state index in [1.54, 1.807) is 25.4 Å². The molecule has 1 fully saturated rings. The van der Waals surface area contributed by atoms with Gasteiger partial charge in [0.15, 0.2) is 5.65 Å². The Morgan fingerprint density at radius 1 is 1.22 bits per heavy atom. The number of pyridine rings is 1. The summed E-state index contributed by atoms with van der Waals surface area (Å²) < 4.78 is 6.45. The number of ether oxygens (including phenoxy) is 1. The van der Waals surface area contributed by atoms with Crippen LogP contribution in [0.4, 0.5) is 0 Å². The summed E-state index contributed by atoms with van der Waals surface area (Å²) in [5.74, 6) is -0.638. The van der Waals surface area contributed by atoms with Crippen molar-refractivity contribution in [2.24, 2.45) is 0 Å². The lowest BCUT2D eigenvalue weighted by Gasteiger charge is -2.25. The minimum atomic E-state index is -0.500. The zero-order valence-electron chi connectivity index (χ0n) is 14.9. The van der Waals surface area contributed by atoms with Crippen LogP contribution in [0.5, 0.6) is 0 Å². The van der Waals surface area contributed by atoms with Crippen molar-refractivity contribution in [1.82, 2.24) is 24.5 Å². The molecule has 1 amide bonds. The first-order valence-corrected chi connectivity index (χ1v) is 8.91. The van der Waals surface area contributed by atoms with Crippen molar-refractivity contribution in [3.8, 4) is 0 Å². The number of fused-ring (bicyclic) bond motifs is 1. The fourth-order valence-electron chi connectivity index (χ4n) is 3.50. The molecular weight excluding hydrogens is 346 g/mol. The van der Waals surface area contributed by atoms with Crippen molar-refractivity contribution in [3.05, 3.63) is 59.8 Å². The summed E-state index contributed by atoms with van der Waals surface area (Å²) in [6.45, 7) is 2.66. The summed E-state index contributed by atoms with van der Waals surface area (Å²) >= 11 is 0. The number of amides is 1. The number of aromatic nitrogens is 4. The van der Waals surface area contributed by atoms with Crippen molar-refractivity contribution < 1.29 is 14.3 Å². The minimum absolute atomic E-state index is 0.00352. The number of hydrogen-bond acceptors (Lipinski definition) is 6.